The quantitative estimate of drug-likeness (QED) is 0.572. The molecule has 1 N–H and O–H groups in total. The summed E-state index contributed by atoms with van der Waals surface area (Å²) < 4.78 is 38.8. The number of nitrogens with zero attached hydrogens (tertiary/aromatic N) is 2. The third-order valence-electron chi connectivity index (χ3n) is 3.33. The molecule has 1 aromatic heterocycles. The van der Waals surface area contributed by atoms with Crippen LogP contribution >= 0.6 is 0 Å². The molecule has 6 heteroatoms. The van der Waals surface area contributed by atoms with E-state index in [-0.39, 0.29) is 5.69 Å². The number of para-hydroxylation sites is 1. The molecule has 0 aliphatic heterocycles. The van der Waals surface area contributed by atoms with E-state index in [4.69, 9.17) is 0 Å². The van der Waals surface area contributed by atoms with Gasteiger partial charge in [0.05, 0.1) is 11.3 Å². The van der Waals surface area contributed by atoms with Gasteiger partial charge in [-0.2, -0.15) is 13.2 Å². The first kappa shape index (κ1) is 14.3. The Morgan fingerprint density at radius 1 is 0.909 bits per heavy atom. The number of hydrogen-bond acceptors (Lipinski definition) is 2. The highest BCUT2D eigenvalue weighted by Gasteiger charge is 2.33. The average Bonchev–Trinajstić information content (AvgIpc) is 2.80. The van der Waals surface area contributed by atoms with Crippen molar-refractivity contribution in [1.29, 1.82) is 0 Å². The van der Waals surface area contributed by atoms with Crippen LogP contribution in [0.25, 0.3) is 10.9 Å². The van der Waals surface area contributed by atoms with Crippen molar-refractivity contribution < 1.29 is 13.2 Å². The Bertz CT molecular complexity index is 847. The fourth-order valence-electron chi connectivity index (χ4n) is 2.30. The molecule has 0 saturated heterocycles. The topological polar surface area (TPSA) is 40.5 Å². The molecule has 3 rings (SSSR count). The van der Waals surface area contributed by atoms with Crippen LogP contribution in [-0.4, -0.2) is 4.98 Å². The van der Waals surface area contributed by atoms with E-state index in [1.807, 2.05) is 31.2 Å². The summed E-state index contributed by atoms with van der Waals surface area (Å²) in [6.07, 6.45) is -4.45. The predicted molar refractivity (Wildman–Crippen MR) is 78.7 cm³/mol. The Balaban J connectivity index is 2.06. The van der Waals surface area contributed by atoms with Crippen LogP contribution in [0.1, 0.15) is 11.3 Å². The van der Waals surface area contributed by atoms with Crippen LogP contribution in [0.5, 0.6) is 0 Å². The maximum atomic E-state index is 12.9. The average molecular weight is 303 g/mol. The van der Waals surface area contributed by atoms with Crippen molar-refractivity contribution >= 4 is 22.3 Å². The van der Waals surface area contributed by atoms with E-state index in [1.165, 1.54) is 18.2 Å². The largest absolute Gasteiger partial charge is 0.418 e. The zero-order valence-electron chi connectivity index (χ0n) is 11.6. The normalized spacial score (nSPS) is 12.4. The van der Waals surface area contributed by atoms with E-state index < -0.39 is 11.7 Å². The van der Waals surface area contributed by atoms with E-state index in [9.17, 15) is 13.2 Å². The van der Waals surface area contributed by atoms with Gasteiger partial charge in [-0.25, -0.2) is 0 Å². The zero-order valence-corrected chi connectivity index (χ0v) is 11.6. The highest BCUT2D eigenvalue weighted by molar-refractivity contribution is 5.92. The minimum atomic E-state index is -4.45. The first-order valence-corrected chi connectivity index (χ1v) is 6.62. The number of rotatable bonds is 2. The molecule has 0 radical (unpaired) electrons. The molecule has 112 valence electrons. The van der Waals surface area contributed by atoms with Gasteiger partial charge in [-0.15, -0.1) is 10.2 Å². The van der Waals surface area contributed by atoms with Crippen molar-refractivity contribution in [3.8, 4) is 0 Å². The molecule has 22 heavy (non-hydrogen) atoms. The number of alkyl halides is 3. The number of H-pyrrole nitrogens is 1. The van der Waals surface area contributed by atoms with Gasteiger partial charge in [-0.3, -0.25) is 0 Å². The standard InChI is InChI=1S/C16H12F3N3/c1-10-15(11-6-2-4-8-13(11)20-10)22-21-14-9-5-3-7-12(14)16(17,18)19/h2-9,20H,1H3. The minimum absolute atomic E-state index is 0.195. The van der Waals surface area contributed by atoms with Gasteiger partial charge < -0.3 is 4.98 Å². The molecule has 1 heterocycles. The fraction of sp³-hybridized carbons (Fsp3) is 0.125. The van der Waals surface area contributed by atoms with Crippen molar-refractivity contribution in [3.05, 3.63) is 59.8 Å². The number of halogens is 3. The zero-order chi connectivity index (χ0) is 15.7. The smallest absolute Gasteiger partial charge is 0.357 e. The van der Waals surface area contributed by atoms with Crippen LogP contribution in [0.15, 0.2) is 58.8 Å². The Kier molecular flexibility index (Phi) is 3.44. The summed E-state index contributed by atoms with van der Waals surface area (Å²) >= 11 is 0. The molecule has 0 bridgehead atoms. The van der Waals surface area contributed by atoms with Crippen molar-refractivity contribution in [1.82, 2.24) is 4.98 Å². The molecule has 0 spiro atoms. The second-order valence-corrected chi connectivity index (χ2v) is 4.86. The lowest BCUT2D eigenvalue weighted by Crippen LogP contribution is -2.04. The summed E-state index contributed by atoms with van der Waals surface area (Å²) in [5, 5.41) is 8.67. The van der Waals surface area contributed by atoms with E-state index in [2.05, 4.69) is 15.2 Å². The van der Waals surface area contributed by atoms with Gasteiger partial charge in [-0.1, -0.05) is 30.3 Å². The van der Waals surface area contributed by atoms with Gasteiger partial charge in [0.25, 0.3) is 0 Å². The fourth-order valence-corrected chi connectivity index (χ4v) is 2.30. The molecule has 2 aromatic carbocycles. The molecule has 0 fully saturated rings. The van der Waals surface area contributed by atoms with Crippen LogP contribution in [0.3, 0.4) is 0 Å². The lowest BCUT2D eigenvalue weighted by atomic mass is 10.2. The molecular formula is C16H12F3N3. The van der Waals surface area contributed by atoms with Gasteiger partial charge in [0.1, 0.15) is 5.69 Å². The Morgan fingerprint density at radius 3 is 2.36 bits per heavy atom. The molecular weight excluding hydrogens is 291 g/mol. The predicted octanol–water partition coefficient (Wildman–Crippen LogP) is 5.91. The van der Waals surface area contributed by atoms with E-state index >= 15 is 0 Å². The Hall–Kier alpha value is -2.63. The molecule has 0 amide bonds. The van der Waals surface area contributed by atoms with Crippen LogP contribution in [0, 0.1) is 6.92 Å². The van der Waals surface area contributed by atoms with Crippen molar-refractivity contribution in [2.75, 3.05) is 0 Å². The monoisotopic (exact) mass is 303 g/mol. The number of aryl methyl sites for hydroxylation is 1. The SMILES string of the molecule is Cc1[nH]c2ccccc2c1N=Nc1ccccc1C(F)(F)F. The Morgan fingerprint density at radius 2 is 1.59 bits per heavy atom. The van der Waals surface area contributed by atoms with Gasteiger partial charge >= 0.3 is 6.18 Å². The third kappa shape index (κ3) is 2.59. The number of aromatic amines is 1. The second-order valence-electron chi connectivity index (χ2n) is 4.86. The number of benzene rings is 2. The van der Waals surface area contributed by atoms with Crippen LogP contribution in [0.4, 0.5) is 24.5 Å². The summed E-state index contributed by atoms with van der Waals surface area (Å²) in [5.41, 5.74) is 1.19. The van der Waals surface area contributed by atoms with Gasteiger partial charge in [-0.05, 0) is 25.1 Å². The maximum absolute atomic E-state index is 12.9. The highest BCUT2D eigenvalue weighted by Crippen LogP contribution is 2.37. The highest BCUT2D eigenvalue weighted by atomic mass is 19.4. The molecule has 0 atom stereocenters. The number of nitrogens with one attached hydrogen (secondary N) is 1. The summed E-state index contributed by atoms with van der Waals surface area (Å²) in [6, 6.07) is 12.6. The Labute approximate surface area is 124 Å². The van der Waals surface area contributed by atoms with Crippen molar-refractivity contribution in [2.45, 2.75) is 13.1 Å². The summed E-state index contributed by atoms with van der Waals surface area (Å²) in [4.78, 5) is 3.13. The molecule has 0 aliphatic carbocycles. The van der Waals surface area contributed by atoms with Crippen molar-refractivity contribution in [3.63, 3.8) is 0 Å². The number of fused-ring (bicyclic) bond motifs is 1. The van der Waals surface area contributed by atoms with E-state index in [1.54, 1.807) is 0 Å². The third-order valence-corrected chi connectivity index (χ3v) is 3.33. The molecule has 0 saturated carbocycles. The maximum Gasteiger partial charge on any atom is 0.418 e. The first-order valence-electron chi connectivity index (χ1n) is 6.62. The van der Waals surface area contributed by atoms with Gasteiger partial charge in [0.15, 0.2) is 0 Å². The van der Waals surface area contributed by atoms with Crippen molar-refractivity contribution in [2.24, 2.45) is 10.2 Å². The minimum Gasteiger partial charge on any atom is -0.357 e. The number of hydrogen-bond donors (Lipinski definition) is 1. The number of azo groups is 1. The van der Waals surface area contributed by atoms with Gasteiger partial charge in [0, 0.05) is 16.6 Å². The van der Waals surface area contributed by atoms with E-state index in [0.717, 1.165) is 22.7 Å². The lowest BCUT2D eigenvalue weighted by molar-refractivity contribution is -0.137. The van der Waals surface area contributed by atoms with Gasteiger partial charge in [0.2, 0.25) is 0 Å². The summed E-state index contributed by atoms with van der Waals surface area (Å²) in [5.74, 6) is 0. The molecule has 0 unspecified atom stereocenters. The van der Waals surface area contributed by atoms with E-state index in [0.29, 0.717) is 5.69 Å². The van der Waals surface area contributed by atoms with Crippen LogP contribution < -0.4 is 0 Å². The summed E-state index contributed by atoms with van der Waals surface area (Å²) in [6.45, 7) is 1.81. The second kappa shape index (κ2) is 5.29. The molecule has 3 aromatic rings. The number of aromatic nitrogens is 1. The van der Waals surface area contributed by atoms with Crippen LogP contribution in [-0.2, 0) is 6.18 Å². The first-order chi connectivity index (χ1) is 10.5. The van der Waals surface area contributed by atoms with Crippen LogP contribution in [0.2, 0.25) is 0 Å². The molecule has 3 nitrogen and oxygen atoms in total. The lowest BCUT2D eigenvalue weighted by Gasteiger charge is -2.08. The summed E-state index contributed by atoms with van der Waals surface area (Å²) in [7, 11) is 0. The molecule has 0 aliphatic rings.